The molecule has 4 rings (SSSR count). The normalized spacial score (nSPS) is 12.1. The lowest BCUT2D eigenvalue weighted by molar-refractivity contribution is 0.0949. The first kappa shape index (κ1) is 19.6. The molecule has 29 heavy (non-hydrogen) atoms. The number of fused-ring (bicyclic) bond motifs is 1. The van der Waals surface area contributed by atoms with E-state index in [0.29, 0.717) is 24.5 Å². The monoisotopic (exact) mass is 423 g/mol. The van der Waals surface area contributed by atoms with Crippen molar-refractivity contribution >= 4 is 39.4 Å². The van der Waals surface area contributed by atoms with Crippen molar-refractivity contribution in [2.24, 2.45) is 0 Å². The third kappa shape index (κ3) is 4.19. The minimum atomic E-state index is -0.627. The van der Waals surface area contributed by atoms with E-state index < -0.39 is 6.10 Å². The number of nitrogens with one attached hydrogen (secondary N) is 1. The summed E-state index contributed by atoms with van der Waals surface area (Å²) in [4.78, 5) is 14.9. The Morgan fingerprint density at radius 2 is 2.00 bits per heavy atom. The molecular formula is C23H21NO3S2. The number of rotatable bonds is 7. The number of hydrogen-bond donors (Lipinski definition) is 2. The fourth-order valence-electron chi connectivity index (χ4n) is 3.25. The molecule has 1 atom stereocenters. The van der Waals surface area contributed by atoms with E-state index in [1.54, 1.807) is 11.3 Å². The Kier molecular flexibility index (Phi) is 5.94. The van der Waals surface area contributed by atoms with Crippen LogP contribution in [0.4, 0.5) is 0 Å². The summed E-state index contributed by atoms with van der Waals surface area (Å²) in [6.07, 6.45) is -0.627. The Labute approximate surface area is 177 Å². The van der Waals surface area contributed by atoms with Crippen molar-refractivity contribution in [3.63, 3.8) is 0 Å². The first-order chi connectivity index (χ1) is 14.2. The fraction of sp³-hybridized carbons (Fsp3) is 0.174. The molecule has 2 aromatic carbocycles. The van der Waals surface area contributed by atoms with Gasteiger partial charge in [0.25, 0.3) is 5.91 Å². The van der Waals surface area contributed by atoms with E-state index in [2.05, 4.69) is 5.32 Å². The quantitative estimate of drug-likeness (QED) is 0.420. The lowest BCUT2D eigenvalue weighted by Gasteiger charge is -2.13. The number of thiophene rings is 2. The van der Waals surface area contributed by atoms with Gasteiger partial charge in [0.2, 0.25) is 0 Å². The third-order valence-corrected chi connectivity index (χ3v) is 6.49. The van der Waals surface area contributed by atoms with Crippen molar-refractivity contribution in [1.82, 2.24) is 5.32 Å². The number of carbonyl (C=O) groups is 1. The zero-order valence-corrected chi connectivity index (χ0v) is 17.6. The van der Waals surface area contributed by atoms with Gasteiger partial charge in [-0.05, 0) is 58.3 Å². The zero-order valence-electron chi connectivity index (χ0n) is 15.9. The van der Waals surface area contributed by atoms with Gasteiger partial charge in [-0.25, -0.2) is 0 Å². The molecule has 4 nitrogen and oxygen atoms in total. The summed E-state index contributed by atoms with van der Waals surface area (Å²) >= 11 is 3.07. The number of hydrogen-bond acceptors (Lipinski definition) is 5. The molecular weight excluding hydrogens is 402 g/mol. The van der Waals surface area contributed by atoms with Crippen molar-refractivity contribution in [2.75, 3.05) is 6.61 Å². The Morgan fingerprint density at radius 1 is 1.14 bits per heavy atom. The molecule has 2 N–H and O–H groups in total. The van der Waals surface area contributed by atoms with Crippen LogP contribution >= 0.6 is 22.7 Å². The Morgan fingerprint density at radius 3 is 2.79 bits per heavy atom. The van der Waals surface area contributed by atoms with Gasteiger partial charge in [-0.1, -0.05) is 30.3 Å². The van der Waals surface area contributed by atoms with Crippen LogP contribution in [0.5, 0.6) is 5.75 Å². The number of amides is 1. The molecule has 0 fully saturated rings. The van der Waals surface area contributed by atoms with Gasteiger partial charge in [-0.3, -0.25) is 4.79 Å². The van der Waals surface area contributed by atoms with Crippen LogP contribution in [0.1, 0.15) is 38.7 Å². The number of aliphatic hydroxyl groups excluding tert-OH is 1. The van der Waals surface area contributed by atoms with E-state index in [1.807, 2.05) is 72.3 Å². The molecule has 0 radical (unpaired) electrons. The molecule has 1 unspecified atom stereocenters. The minimum absolute atomic E-state index is 0.168. The molecule has 1 amide bonds. The van der Waals surface area contributed by atoms with Crippen LogP contribution in [-0.4, -0.2) is 17.6 Å². The molecule has 0 aliphatic rings. The van der Waals surface area contributed by atoms with Crippen molar-refractivity contribution in [3.8, 4) is 5.75 Å². The van der Waals surface area contributed by atoms with Crippen molar-refractivity contribution in [2.45, 2.75) is 19.6 Å². The SMILES string of the molecule is CCOc1ccc2ccccc2c1C(=O)NCc1ccc(C(O)c2ccsc2)s1. The summed E-state index contributed by atoms with van der Waals surface area (Å²) in [5.74, 6) is 0.419. The topological polar surface area (TPSA) is 58.6 Å². The molecule has 0 saturated carbocycles. The lowest BCUT2D eigenvalue weighted by atomic mass is 10.0. The highest BCUT2D eigenvalue weighted by molar-refractivity contribution is 7.12. The number of aliphatic hydroxyl groups is 1. The molecule has 2 heterocycles. The van der Waals surface area contributed by atoms with Crippen LogP contribution in [0.2, 0.25) is 0 Å². The molecule has 0 bridgehead atoms. The van der Waals surface area contributed by atoms with Gasteiger partial charge in [-0.15, -0.1) is 11.3 Å². The highest BCUT2D eigenvalue weighted by Crippen LogP contribution is 2.31. The van der Waals surface area contributed by atoms with E-state index in [-0.39, 0.29) is 5.91 Å². The molecule has 2 aromatic heterocycles. The molecule has 4 aromatic rings. The number of ether oxygens (including phenoxy) is 1. The minimum Gasteiger partial charge on any atom is -0.493 e. The van der Waals surface area contributed by atoms with Gasteiger partial charge in [-0.2, -0.15) is 11.3 Å². The van der Waals surface area contributed by atoms with Crippen LogP contribution in [0, 0.1) is 0 Å². The molecule has 0 saturated heterocycles. The van der Waals surface area contributed by atoms with Crippen LogP contribution in [0.3, 0.4) is 0 Å². The summed E-state index contributed by atoms with van der Waals surface area (Å²) in [5.41, 5.74) is 1.45. The Balaban J connectivity index is 1.53. The Hall–Kier alpha value is -2.67. The molecule has 0 aliphatic heterocycles. The molecule has 0 aliphatic carbocycles. The van der Waals surface area contributed by atoms with Crippen molar-refractivity contribution in [3.05, 3.63) is 86.2 Å². The van der Waals surface area contributed by atoms with Crippen LogP contribution < -0.4 is 10.1 Å². The number of benzene rings is 2. The Bertz CT molecular complexity index is 1120. The van der Waals surface area contributed by atoms with Gasteiger partial charge in [0, 0.05) is 9.75 Å². The maximum atomic E-state index is 13.0. The fourth-order valence-corrected chi connectivity index (χ4v) is 4.89. The van der Waals surface area contributed by atoms with Crippen molar-refractivity contribution < 1.29 is 14.6 Å². The molecule has 6 heteroatoms. The second kappa shape index (κ2) is 8.78. The lowest BCUT2D eigenvalue weighted by Crippen LogP contribution is -2.23. The highest BCUT2D eigenvalue weighted by Gasteiger charge is 2.18. The summed E-state index contributed by atoms with van der Waals surface area (Å²) < 4.78 is 5.70. The maximum Gasteiger partial charge on any atom is 0.255 e. The third-order valence-electron chi connectivity index (χ3n) is 4.65. The average Bonchev–Trinajstić information content (AvgIpc) is 3.44. The van der Waals surface area contributed by atoms with E-state index in [9.17, 15) is 9.90 Å². The van der Waals surface area contributed by atoms with Crippen molar-refractivity contribution in [1.29, 1.82) is 0 Å². The van der Waals surface area contributed by atoms with Crippen LogP contribution in [0.25, 0.3) is 10.8 Å². The van der Waals surface area contributed by atoms with Gasteiger partial charge in [0.1, 0.15) is 11.9 Å². The number of carbonyl (C=O) groups excluding carboxylic acids is 1. The van der Waals surface area contributed by atoms with Crippen LogP contribution in [0.15, 0.2) is 65.4 Å². The smallest absolute Gasteiger partial charge is 0.255 e. The molecule has 148 valence electrons. The zero-order chi connectivity index (χ0) is 20.2. The van der Waals surface area contributed by atoms with E-state index in [1.165, 1.54) is 11.3 Å². The van der Waals surface area contributed by atoms with Crippen LogP contribution in [-0.2, 0) is 6.54 Å². The highest BCUT2D eigenvalue weighted by atomic mass is 32.1. The summed E-state index contributed by atoms with van der Waals surface area (Å²) in [7, 11) is 0. The first-order valence-corrected chi connectivity index (χ1v) is 11.1. The standard InChI is InChI=1S/C23H21NO3S2/c1-2-27-19-9-7-15-5-3-4-6-18(15)21(19)23(26)24-13-17-8-10-20(29-17)22(25)16-11-12-28-14-16/h3-12,14,22,25H,2,13H2,1H3,(H,24,26). The maximum absolute atomic E-state index is 13.0. The molecule has 0 spiro atoms. The van der Waals surface area contributed by atoms with Gasteiger partial charge in [0.05, 0.1) is 18.7 Å². The second-order valence-electron chi connectivity index (χ2n) is 6.54. The van der Waals surface area contributed by atoms with Gasteiger partial charge >= 0.3 is 0 Å². The average molecular weight is 424 g/mol. The predicted octanol–water partition coefficient (Wildman–Crippen LogP) is 5.37. The summed E-state index contributed by atoms with van der Waals surface area (Å²) in [6.45, 7) is 2.80. The summed E-state index contributed by atoms with van der Waals surface area (Å²) in [6, 6.07) is 17.4. The van der Waals surface area contributed by atoms with E-state index >= 15 is 0 Å². The summed E-state index contributed by atoms with van der Waals surface area (Å²) in [5, 5.41) is 19.2. The predicted molar refractivity (Wildman–Crippen MR) is 119 cm³/mol. The van der Waals surface area contributed by atoms with E-state index in [0.717, 1.165) is 26.1 Å². The second-order valence-corrected chi connectivity index (χ2v) is 8.52. The first-order valence-electron chi connectivity index (χ1n) is 9.39. The van der Waals surface area contributed by atoms with E-state index in [4.69, 9.17) is 4.74 Å². The largest absolute Gasteiger partial charge is 0.493 e. The van der Waals surface area contributed by atoms with Gasteiger partial charge in [0.15, 0.2) is 0 Å². The van der Waals surface area contributed by atoms with Gasteiger partial charge < -0.3 is 15.2 Å².